The molecule has 2 rings (SSSR count). The SMILES string of the molecule is CCCC1=NN(C(=O)c2ccc(OC)c(OC)c2)[C@@](O)(C(F)(F)F)C1. The highest BCUT2D eigenvalue weighted by Crippen LogP contribution is 2.42. The van der Waals surface area contributed by atoms with E-state index in [1.807, 2.05) is 0 Å². The van der Waals surface area contributed by atoms with Gasteiger partial charge in [0, 0.05) is 17.7 Å². The summed E-state index contributed by atoms with van der Waals surface area (Å²) in [6.07, 6.45) is -5.00. The first kappa shape index (κ1) is 19.0. The summed E-state index contributed by atoms with van der Waals surface area (Å²) >= 11 is 0. The number of benzene rings is 1. The Labute approximate surface area is 142 Å². The summed E-state index contributed by atoms with van der Waals surface area (Å²) in [5, 5.41) is 14.0. The molecule has 0 unspecified atom stereocenters. The fraction of sp³-hybridized carbons (Fsp3) is 0.500. The van der Waals surface area contributed by atoms with Crippen molar-refractivity contribution in [3.05, 3.63) is 23.8 Å². The summed E-state index contributed by atoms with van der Waals surface area (Å²) in [5.74, 6) is -0.575. The minimum absolute atomic E-state index is 0.109. The molecule has 1 amide bonds. The molecule has 0 radical (unpaired) electrons. The van der Waals surface area contributed by atoms with Gasteiger partial charge in [0.15, 0.2) is 11.5 Å². The lowest BCUT2D eigenvalue weighted by molar-refractivity contribution is -0.297. The van der Waals surface area contributed by atoms with Gasteiger partial charge in [-0.2, -0.15) is 23.3 Å². The molecule has 0 saturated heterocycles. The summed E-state index contributed by atoms with van der Waals surface area (Å²) in [5.41, 5.74) is -3.35. The molecule has 1 atom stereocenters. The molecule has 1 aromatic carbocycles. The van der Waals surface area contributed by atoms with Crippen molar-refractivity contribution in [2.75, 3.05) is 14.2 Å². The van der Waals surface area contributed by atoms with E-state index in [0.717, 1.165) is 0 Å². The van der Waals surface area contributed by atoms with E-state index in [9.17, 15) is 23.1 Å². The fourth-order valence-corrected chi connectivity index (χ4v) is 2.57. The van der Waals surface area contributed by atoms with Crippen LogP contribution >= 0.6 is 0 Å². The highest BCUT2D eigenvalue weighted by Gasteiger charge is 2.63. The summed E-state index contributed by atoms with van der Waals surface area (Å²) in [6, 6.07) is 3.92. The van der Waals surface area contributed by atoms with Crippen LogP contribution in [0.1, 0.15) is 36.5 Å². The van der Waals surface area contributed by atoms with Gasteiger partial charge >= 0.3 is 6.18 Å². The number of amides is 1. The van der Waals surface area contributed by atoms with E-state index in [4.69, 9.17) is 9.47 Å². The van der Waals surface area contributed by atoms with Crippen molar-refractivity contribution in [2.45, 2.75) is 38.1 Å². The van der Waals surface area contributed by atoms with Crippen molar-refractivity contribution in [3.63, 3.8) is 0 Å². The Morgan fingerprint density at radius 2 is 1.96 bits per heavy atom. The number of carbonyl (C=O) groups is 1. The van der Waals surface area contributed by atoms with E-state index in [1.54, 1.807) is 6.92 Å². The predicted molar refractivity (Wildman–Crippen MR) is 83.7 cm³/mol. The Balaban J connectivity index is 2.44. The van der Waals surface area contributed by atoms with Gasteiger partial charge in [0.05, 0.1) is 14.2 Å². The maximum Gasteiger partial charge on any atom is 0.438 e. The molecule has 1 N–H and O–H groups in total. The van der Waals surface area contributed by atoms with Crippen LogP contribution in [0.3, 0.4) is 0 Å². The number of halogens is 3. The lowest BCUT2D eigenvalue weighted by atomic mass is 10.0. The Morgan fingerprint density at radius 3 is 2.48 bits per heavy atom. The number of hydrogen-bond donors (Lipinski definition) is 1. The monoisotopic (exact) mass is 360 g/mol. The van der Waals surface area contributed by atoms with E-state index in [0.29, 0.717) is 12.2 Å². The van der Waals surface area contributed by atoms with Crippen LogP contribution in [0.2, 0.25) is 0 Å². The van der Waals surface area contributed by atoms with E-state index in [1.165, 1.54) is 32.4 Å². The molecule has 1 aliphatic heterocycles. The van der Waals surface area contributed by atoms with Gasteiger partial charge in [0.1, 0.15) is 0 Å². The second-order valence-corrected chi connectivity index (χ2v) is 5.59. The predicted octanol–water partition coefficient (Wildman–Crippen LogP) is 2.96. The molecule has 0 aromatic heterocycles. The maximum absolute atomic E-state index is 13.4. The summed E-state index contributed by atoms with van der Waals surface area (Å²) in [7, 11) is 2.73. The smallest absolute Gasteiger partial charge is 0.438 e. The molecule has 1 aliphatic rings. The Bertz CT molecular complexity index is 690. The second kappa shape index (κ2) is 6.91. The van der Waals surface area contributed by atoms with E-state index < -0.39 is 24.2 Å². The third kappa shape index (κ3) is 3.41. The third-order valence-electron chi connectivity index (χ3n) is 3.86. The van der Waals surface area contributed by atoms with Crippen LogP contribution in [-0.4, -0.2) is 47.9 Å². The van der Waals surface area contributed by atoms with Gasteiger partial charge in [-0.3, -0.25) is 4.79 Å². The summed E-state index contributed by atoms with van der Waals surface area (Å²) < 4.78 is 50.2. The first-order chi connectivity index (χ1) is 11.7. The minimum Gasteiger partial charge on any atom is -0.493 e. The van der Waals surface area contributed by atoms with Gasteiger partial charge in [-0.05, 0) is 24.6 Å². The molecule has 1 aromatic rings. The highest BCUT2D eigenvalue weighted by atomic mass is 19.4. The molecule has 138 valence electrons. The number of aliphatic hydroxyl groups is 1. The molecule has 0 aliphatic carbocycles. The topological polar surface area (TPSA) is 71.4 Å². The van der Waals surface area contributed by atoms with Crippen molar-refractivity contribution >= 4 is 11.6 Å². The average molecular weight is 360 g/mol. The van der Waals surface area contributed by atoms with Crippen molar-refractivity contribution in [1.82, 2.24) is 5.01 Å². The zero-order chi connectivity index (χ0) is 18.8. The average Bonchev–Trinajstić information content (AvgIpc) is 2.91. The van der Waals surface area contributed by atoms with Crippen LogP contribution in [0, 0.1) is 0 Å². The lowest BCUT2D eigenvalue weighted by Gasteiger charge is -2.32. The van der Waals surface area contributed by atoms with Crippen molar-refractivity contribution < 1.29 is 32.5 Å². The Morgan fingerprint density at radius 1 is 1.32 bits per heavy atom. The number of hydrogen-bond acceptors (Lipinski definition) is 5. The lowest BCUT2D eigenvalue weighted by Crippen LogP contribution is -2.56. The number of nitrogens with zero attached hydrogens (tertiary/aromatic N) is 2. The second-order valence-electron chi connectivity index (χ2n) is 5.59. The first-order valence-corrected chi connectivity index (χ1v) is 7.60. The van der Waals surface area contributed by atoms with Crippen molar-refractivity contribution in [3.8, 4) is 11.5 Å². The molecular weight excluding hydrogens is 341 g/mol. The fourth-order valence-electron chi connectivity index (χ4n) is 2.57. The quantitative estimate of drug-likeness (QED) is 0.876. The van der Waals surface area contributed by atoms with Crippen LogP contribution in [0.25, 0.3) is 0 Å². The summed E-state index contributed by atoms with van der Waals surface area (Å²) in [4.78, 5) is 12.6. The van der Waals surface area contributed by atoms with Gasteiger partial charge in [0.2, 0.25) is 0 Å². The molecule has 0 spiro atoms. The molecule has 0 saturated carbocycles. The molecule has 25 heavy (non-hydrogen) atoms. The molecular formula is C16H19F3N2O4. The highest BCUT2D eigenvalue weighted by molar-refractivity contribution is 5.98. The van der Waals surface area contributed by atoms with Gasteiger partial charge in [-0.25, -0.2) is 0 Å². The number of alkyl halides is 3. The zero-order valence-corrected chi connectivity index (χ0v) is 14.1. The van der Waals surface area contributed by atoms with Crippen LogP contribution in [0.5, 0.6) is 11.5 Å². The van der Waals surface area contributed by atoms with Crippen LogP contribution < -0.4 is 9.47 Å². The molecule has 1 heterocycles. The van der Waals surface area contributed by atoms with Crippen LogP contribution in [-0.2, 0) is 0 Å². The number of ether oxygens (including phenoxy) is 2. The van der Waals surface area contributed by atoms with Crippen LogP contribution in [0.4, 0.5) is 13.2 Å². The van der Waals surface area contributed by atoms with E-state index >= 15 is 0 Å². The number of methoxy groups -OCH3 is 2. The first-order valence-electron chi connectivity index (χ1n) is 7.60. The number of rotatable bonds is 5. The third-order valence-corrected chi connectivity index (χ3v) is 3.86. The molecule has 0 bridgehead atoms. The van der Waals surface area contributed by atoms with Crippen molar-refractivity contribution in [2.24, 2.45) is 5.10 Å². The van der Waals surface area contributed by atoms with Crippen LogP contribution in [0.15, 0.2) is 23.3 Å². The minimum atomic E-state index is -5.04. The van der Waals surface area contributed by atoms with Gasteiger partial charge in [0.25, 0.3) is 11.6 Å². The Kier molecular flexibility index (Phi) is 5.26. The van der Waals surface area contributed by atoms with E-state index in [2.05, 4.69) is 5.10 Å². The Hall–Kier alpha value is -2.29. The van der Waals surface area contributed by atoms with Gasteiger partial charge < -0.3 is 14.6 Å². The van der Waals surface area contributed by atoms with E-state index in [-0.39, 0.29) is 28.5 Å². The van der Waals surface area contributed by atoms with Gasteiger partial charge in [-0.1, -0.05) is 13.3 Å². The maximum atomic E-state index is 13.4. The molecule has 9 heteroatoms. The van der Waals surface area contributed by atoms with Crippen molar-refractivity contribution in [1.29, 1.82) is 0 Å². The largest absolute Gasteiger partial charge is 0.493 e. The zero-order valence-electron chi connectivity index (χ0n) is 14.1. The normalized spacial score (nSPS) is 20.4. The molecule has 6 nitrogen and oxygen atoms in total. The number of hydrazone groups is 1. The van der Waals surface area contributed by atoms with Gasteiger partial charge in [-0.15, -0.1) is 0 Å². The standard InChI is InChI=1S/C16H19F3N2O4/c1-4-5-11-9-15(23,16(17,18)19)21(20-11)14(22)10-6-7-12(24-2)13(8-10)25-3/h6-8,23H,4-5,9H2,1-3H3/t15-/m0/s1. The number of carbonyl (C=O) groups excluding carboxylic acids is 1. The summed E-state index contributed by atoms with van der Waals surface area (Å²) in [6.45, 7) is 1.77. The molecule has 0 fully saturated rings.